The largest absolute Gasteiger partial charge is 0.493 e. The van der Waals surface area contributed by atoms with E-state index in [0.717, 1.165) is 30.0 Å². The van der Waals surface area contributed by atoms with E-state index in [1.807, 2.05) is 36.4 Å². The zero-order valence-electron chi connectivity index (χ0n) is 17.8. The van der Waals surface area contributed by atoms with Gasteiger partial charge in [-0.2, -0.15) is 0 Å². The van der Waals surface area contributed by atoms with Gasteiger partial charge in [0, 0.05) is 23.1 Å². The summed E-state index contributed by atoms with van der Waals surface area (Å²) < 4.78 is 11.8. The van der Waals surface area contributed by atoms with Crippen molar-refractivity contribution in [1.29, 1.82) is 0 Å². The predicted octanol–water partition coefficient (Wildman–Crippen LogP) is 4.68. The summed E-state index contributed by atoms with van der Waals surface area (Å²) in [7, 11) is 5.52. The van der Waals surface area contributed by atoms with Crippen LogP contribution >= 0.6 is 0 Å². The Kier molecular flexibility index (Phi) is 5.60. The Morgan fingerprint density at radius 2 is 1.53 bits per heavy atom. The molecule has 0 radical (unpaired) electrons. The van der Waals surface area contributed by atoms with Crippen LogP contribution in [0.3, 0.4) is 0 Å². The minimum atomic E-state index is 0.0439. The van der Waals surface area contributed by atoms with E-state index in [1.54, 1.807) is 14.2 Å². The van der Waals surface area contributed by atoms with Crippen molar-refractivity contribution >= 4 is 5.78 Å². The molecule has 4 rings (SSSR count). The molecule has 0 N–H and O–H groups in total. The average Bonchev–Trinajstić information content (AvgIpc) is 2.79. The number of rotatable bonds is 6. The number of carbonyl (C=O) groups is 1. The number of ketones is 1. The predicted molar refractivity (Wildman–Crippen MR) is 118 cm³/mol. The van der Waals surface area contributed by atoms with Gasteiger partial charge in [0.05, 0.1) is 27.8 Å². The molecule has 4 nitrogen and oxygen atoms in total. The summed E-state index contributed by atoms with van der Waals surface area (Å²) in [5.41, 5.74) is 4.42. The average molecular weight is 403 g/mol. The zero-order chi connectivity index (χ0) is 21.1. The van der Waals surface area contributed by atoms with Gasteiger partial charge in [-0.1, -0.05) is 60.7 Å². The Morgan fingerprint density at radius 1 is 0.933 bits per heavy atom. The highest BCUT2D eigenvalue weighted by Crippen LogP contribution is 2.44. The lowest BCUT2D eigenvalue weighted by molar-refractivity contribution is -0.927. The molecule has 1 aliphatic rings. The van der Waals surface area contributed by atoms with E-state index in [2.05, 4.69) is 43.4 Å². The van der Waals surface area contributed by atoms with Crippen LogP contribution in [0.15, 0.2) is 72.8 Å². The third-order valence-corrected chi connectivity index (χ3v) is 6.17. The molecule has 0 fully saturated rings. The monoisotopic (exact) mass is 402 g/mol. The molecule has 0 saturated heterocycles. The maximum absolute atomic E-state index is 13.2. The third kappa shape index (κ3) is 3.71. The molecule has 0 saturated carbocycles. The molecule has 0 aromatic heterocycles. The van der Waals surface area contributed by atoms with Crippen LogP contribution in [0, 0.1) is 0 Å². The van der Waals surface area contributed by atoms with Crippen molar-refractivity contribution in [3.63, 3.8) is 0 Å². The Balaban J connectivity index is 1.81. The summed E-state index contributed by atoms with van der Waals surface area (Å²) in [6.07, 6.45) is 0.886. The Morgan fingerprint density at radius 3 is 2.17 bits per heavy atom. The number of benzene rings is 3. The van der Waals surface area contributed by atoms with E-state index < -0.39 is 0 Å². The number of fused-ring (bicyclic) bond motifs is 1. The van der Waals surface area contributed by atoms with Crippen LogP contribution in [0.25, 0.3) is 0 Å². The molecule has 0 unspecified atom stereocenters. The number of Topliss-reactive ketones (excluding diaryl/α,β-unsaturated/α-hetero) is 1. The SMILES string of the molecule is COc1cc2c(cc1OC)[C@@H](c1ccccc1)[N@+](C)(CC(=O)c1ccccc1)CC2. The number of likely N-dealkylation sites (N-methyl/N-ethyl adjacent to an activating group) is 1. The minimum absolute atomic E-state index is 0.0439. The van der Waals surface area contributed by atoms with Crippen molar-refractivity contribution < 1.29 is 18.8 Å². The molecule has 4 heteroatoms. The second-order valence-electron chi connectivity index (χ2n) is 8.12. The first-order valence-corrected chi connectivity index (χ1v) is 10.3. The summed E-state index contributed by atoms with van der Waals surface area (Å²) in [6, 6.07) is 24.3. The molecular formula is C26H28NO3+. The normalized spacial score (nSPS) is 20.3. The molecule has 30 heavy (non-hydrogen) atoms. The number of hydrogen-bond donors (Lipinski definition) is 0. The molecular weight excluding hydrogens is 374 g/mol. The van der Waals surface area contributed by atoms with E-state index in [4.69, 9.17) is 9.47 Å². The summed E-state index contributed by atoms with van der Waals surface area (Å²) in [6.45, 7) is 1.32. The van der Waals surface area contributed by atoms with E-state index >= 15 is 0 Å². The molecule has 3 aromatic rings. The van der Waals surface area contributed by atoms with Crippen molar-refractivity contribution in [2.24, 2.45) is 0 Å². The number of quaternary nitrogens is 1. The van der Waals surface area contributed by atoms with Crippen LogP contribution in [0.2, 0.25) is 0 Å². The lowest BCUT2D eigenvalue weighted by atomic mass is 9.85. The lowest BCUT2D eigenvalue weighted by Crippen LogP contribution is -2.54. The van der Waals surface area contributed by atoms with Gasteiger partial charge in [-0.15, -0.1) is 0 Å². The fraction of sp³-hybridized carbons (Fsp3) is 0.269. The number of methoxy groups -OCH3 is 2. The molecule has 0 aliphatic carbocycles. The Hall–Kier alpha value is -3.11. The van der Waals surface area contributed by atoms with Crippen LogP contribution < -0.4 is 9.47 Å². The maximum Gasteiger partial charge on any atom is 0.216 e. The second-order valence-corrected chi connectivity index (χ2v) is 8.12. The van der Waals surface area contributed by atoms with Gasteiger partial charge >= 0.3 is 0 Å². The quantitative estimate of drug-likeness (QED) is 0.444. The van der Waals surface area contributed by atoms with Crippen molar-refractivity contribution in [1.82, 2.24) is 0 Å². The van der Waals surface area contributed by atoms with Crippen molar-refractivity contribution in [3.8, 4) is 11.5 Å². The van der Waals surface area contributed by atoms with E-state index in [-0.39, 0.29) is 11.8 Å². The smallest absolute Gasteiger partial charge is 0.216 e. The molecule has 0 bridgehead atoms. The van der Waals surface area contributed by atoms with Crippen LogP contribution in [-0.2, 0) is 6.42 Å². The van der Waals surface area contributed by atoms with Crippen molar-refractivity contribution in [2.75, 3.05) is 34.4 Å². The van der Waals surface area contributed by atoms with Crippen molar-refractivity contribution in [2.45, 2.75) is 12.5 Å². The molecule has 3 aromatic carbocycles. The number of ether oxygens (including phenoxy) is 2. The minimum Gasteiger partial charge on any atom is -0.493 e. The Labute approximate surface area is 178 Å². The highest BCUT2D eigenvalue weighted by atomic mass is 16.5. The van der Waals surface area contributed by atoms with E-state index in [0.29, 0.717) is 11.0 Å². The van der Waals surface area contributed by atoms with Crippen LogP contribution in [0.4, 0.5) is 0 Å². The van der Waals surface area contributed by atoms with Gasteiger partial charge in [0.15, 0.2) is 11.5 Å². The highest BCUT2D eigenvalue weighted by molar-refractivity contribution is 5.97. The topological polar surface area (TPSA) is 35.5 Å². The Bertz CT molecular complexity index is 1030. The van der Waals surface area contributed by atoms with Gasteiger partial charge in [-0.25, -0.2) is 0 Å². The van der Waals surface area contributed by atoms with Crippen LogP contribution in [0.5, 0.6) is 11.5 Å². The van der Waals surface area contributed by atoms with Gasteiger partial charge in [0.25, 0.3) is 0 Å². The van der Waals surface area contributed by atoms with Gasteiger partial charge in [-0.05, 0) is 17.7 Å². The number of nitrogens with zero attached hydrogens (tertiary/aromatic N) is 1. The highest BCUT2D eigenvalue weighted by Gasteiger charge is 2.42. The molecule has 1 aliphatic heterocycles. The van der Waals surface area contributed by atoms with Crippen molar-refractivity contribution in [3.05, 3.63) is 95.1 Å². The zero-order valence-corrected chi connectivity index (χ0v) is 17.8. The first-order chi connectivity index (χ1) is 14.6. The molecule has 0 amide bonds. The lowest BCUT2D eigenvalue weighted by Gasteiger charge is -2.45. The van der Waals surface area contributed by atoms with Gasteiger partial charge in [-0.3, -0.25) is 4.79 Å². The van der Waals surface area contributed by atoms with Crippen LogP contribution in [0.1, 0.15) is 33.1 Å². The second kappa shape index (κ2) is 8.33. The maximum atomic E-state index is 13.2. The fourth-order valence-electron chi connectivity index (χ4n) is 4.64. The number of hydrogen-bond acceptors (Lipinski definition) is 3. The first-order valence-electron chi connectivity index (χ1n) is 10.3. The summed E-state index contributed by atoms with van der Waals surface area (Å²) in [5, 5.41) is 0. The molecule has 154 valence electrons. The standard InChI is InChI=1S/C26H28NO3/c1-27(18-23(28)19-10-6-4-7-11-19)15-14-21-16-24(29-2)25(30-3)17-22(21)26(27)20-12-8-5-9-13-20/h4-13,16-17,26H,14-15,18H2,1-3H3/q+1/t26-,27+/m1/s1. The molecule has 1 heterocycles. The van der Waals surface area contributed by atoms with Gasteiger partial charge in [0.1, 0.15) is 12.6 Å². The fourth-order valence-corrected chi connectivity index (χ4v) is 4.64. The third-order valence-electron chi connectivity index (χ3n) is 6.17. The van der Waals surface area contributed by atoms with E-state index in [9.17, 15) is 4.79 Å². The number of carbonyl (C=O) groups excluding carboxylic acids is 1. The molecule has 2 atom stereocenters. The van der Waals surface area contributed by atoms with Gasteiger partial charge < -0.3 is 14.0 Å². The van der Waals surface area contributed by atoms with E-state index in [1.165, 1.54) is 16.7 Å². The molecule has 0 spiro atoms. The summed E-state index contributed by atoms with van der Waals surface area (Å²) in [5.74, 6) is 1.64. The van der Waals surface area contributed by atoms with Gasteiger partial charge in [0.2, 0.25) is 5.78 Å². The van der Waals surface area contributed by atoms with Crippen LogP contribution in [-0.4, -0.2) is 44.6 Å². The first kappa shape index (κ1) is 20.2. The summed E-state index contributed by atoms with van der Waals surface area (Å²) in [4.78, 5) is 13.2. The summed E-state index contributed by atoms with van der Waals surface area (Å²) >= 11 is 0.